The predicted molar refractivity (Wildman–Crippen MR) is 64.7 cm³/mol. The molecule has 0 aliphatic heterocycles. The molecule has 3 rings (SSSR count). The van der Waals surface area contributed by atoms with Gasteiger partial charge in [-0.1, -0.05) is 6.07 Å². The maximum Gasteiger partial charge on any atom is 0.450 e. The molecular weight excluding hydrogens is 255 g/mol. The average Bonchev–Trinajstić information content (AvgIpc) is 2.90. The third-order valence-electron chi connectivity index (χ3n) is 3.65. The van der Waals surface area contributed by atoms with Crippen molar-refractivity contribution in [3.05, 3.63) is 35.9 Å². The average molecular weight is 269 g/mol. The van der Waals surface area contributed by atoms with Crippen molar-refractivity contribution in [1.29, 1.82) is 0 Å². The number of fused-ring (bicyclic) bond motifs is 1. The van der Waals surface area contributed by atoms with Crippen molar-refractivity contribution in [3.8, 4) is 0 Å². The van der Waals surface area contributed by atoms with Crippen molar-refractivity contribution in [2.45, 2.75) is 37.4 Å². The minimum atomic E-state index is -4.43. The highest BCUT2D eigenvalue weighted by molar-refractivity contribution is 5.47. The zero-order chi connectivity index (χ0) is 13.7. The zero-order valence-corrected chi connectivity index (χ0v) is 10.2. The van der Waals surface area contributed by atoms with Crippen LogP contribution in [0.1, 0.15) is 30.7 Å². The number of aryl methyl sites for hydroxylation is 1. The third kappa shape index (κ3) is 2.45. The first kappa shape index (κ1) is 12.5. The number of halogens is 3. The Morgan fingerprint density at radius 3 is 2.68 bits per heavy atom. The van der Waals surface area contributed by atoms with Gasteiger partial charge in [0, 0.05) is 11.7 Å². The Labute approximate surface area is 108 Å². The smallest absolute Gasteiger partial charge is 0.325 e. The first-order chi connectivity index (χ1) is 8.87. The van der Waals surface area contributed by atoms with Crippen molar-refractivity contribution >= 4 is 5.52 Å². The van der Waals surface area contributed by atoms with Gasteiger partial charge in [0.2, 0.25) is 5.82 Å². The predicted octanol–water partition coefficient (Wildman–Crippen LogP) is 2.78. The number of nitrogens with two attached hydrogens (primary N) is 1. The molecule has 3 nitrogen and oxygen atoms in total. The maximum atomic E-state index is 12.8. The summed E-state index contributed by atoms with van der Waals surface area (Å²) in [4.78, 5) is 3.44. The number of pyridine rings is 1. The second-order valence-electron chi connectivity index (χ2n) is 5.27. The van der Waals surface area contributed by atoms with Crippen LogP contribution in [0.15, 0.2) is 24.5 Å². The number of aromatic nitrogens is 2. The van der Waals surface area contributed by atoms with Crippen LogP contribution in [0.25, 0.3) is 5.52 Å². The standard InChI is InChI=1S/C13H14F3N3/c14-13(15,16)11-18-7-10-2-1-9(8-19(10)11)3-4-12(17)5-6-12/h1-2,7-8H,3-6,17H2. The Kier molecular flexibility index (Phi) is 2.60. The molecule has 0 radical (unpaired) electrons. The molecule has 19 heavy (non-hydrogen) atoms. The lowest BCUT2D eigenvalue weighted by Crippen LogP contribution is -2.22. The molecule has 2 aromatic heterocycles. The van der Waals surface area contributed by atoms with Gasteiger partial charge in [-0.3, -0.25) is 4.40 Å². The number of nitrogens with zero attached hydrogens (tertiary/aromatic N) is 2. The van der Waals surface area contributed by atoms with E-state index in [2.05, 4.69) is 4.98 Å². The molecule has 2 heterocycles. The van der Waals surface area contributed by atoms with Crippen molar-refractivity contribution in [3.63, 3.8) is 0 Å². The molecule has 0 bridgehead atoms. The van der Waals surface area contributed by atoms with E-state index in [1.54, 1.807) is 6.07 Å². The number of imidazole rings is 1. The molecule has 1 saturated carbocycles. The molecule has 0 spiro atoms. The van der Waals surface area contributed by atoms with Gasteiger partial charge < -0.3 is 5.73 Å². The van der Waals surface area contributed by atoms with E-state index in [1.165, 1.54) is 12.4 Å². The van der Waals surface area contributed by atoms with Crippen LogP contribution in [0.4, 0.5) is 13.2 Å². The minimum Gasteiger partial charge on any atom is -0.325 e. The fourth-order valence-corrected chi connectivity index (χ4v) is 2.20. The van der Waals surface area contributed by atoms with E-state index in [0.29, 0.717) is 11.9 Å². The van der Waals surface area contributed by atoms with Crippen molar-refractivity contribution < 1.29 is 13.2 Å². The number of hydrogen-bond acceptors (Lipinski definition) is 2. The van der Waals surface area contributed by atoms with Crippen molar-refractivity contribution in [1.82, 2.24) is 9.38 Å². The second-order valence-corrected chi connectivity index (χ2v) is 5.27. The van der Waals surface area contributed by atoms with Gasteiger partial charge in [0.15, 0.2) is 0 Å². The summed E-state index contributed by atoms with van der Waals surface area (Å²) in [5, 5.41) is 0. The molecule has 6 heteroatoms. The van der Waals surface area contributed by atoms with Crippen LogP contribution in [0, 0.1) is 0 Å². The van der Waals surface area contributed by atoms with Crippen LogP contribution >= 0.6 is 0 Å². The van der Waals surface area contributed by atoms with E-state index in [9.17, 15) is 13.2 Å². The zero-order valence-electron chi connectivity index (χ0n) is 10.2. The normalized spacial score (nSPS) is 17.9. The Bertz CT molecular complexity index is 611. The van der Waals surface area contributed by atoms with Crippen molar-refractivity contribution in [2.24, 2.45) is 5.73 Å². The minimum absolute atomic E-state index is 0.0866. The molecule has 0 saturated heterocycles. The highest BCUT2D eigenvalue weighted by Gasteiger charge is 2.38. The topological polar surface area (TPSA) is 43.3 Å². The molecule has 0 amide bonds. The number of alkyl halides is 3. The van der Waals surface area contributed by atoms with E-state index >= 15 is 0 Å². The van der Waals surface area contributed by atoms with Gasteiger partial charge in [-0.15, -0.1) is 0 Å². The van der Waals surface area contributed by atoms with E-state index in [0.717, 1.165) is 29.2 Å². The quantitative estimate of drug-likeness (QED) is 0.931. The van der Waals surface area contributed by atoms with Gasteiger partial charge in [0.05, 0.1) is 11.7 Å². The summed E-state index contributed by atoms with van der Waals surface area (Å²) in [6, 6.07) is 3.50. The highest BCUT2D eigenvalue weighted by Crippen LogP contribution is 2.36. The first-order valence-corrected chi connectivity index (χ1v) is 6.20. The Hall–Kier alpha value is -1.56. The Morgan fingerprint density at radius 2 is 2.05 bits per heavy atom. The lowest BCUT2D eigenvalue weighted by Gasteiger charge is -2.10. The molecule has 1 aliphatic rings. The van der Waals surface area contributed by atoms with Gasteiger partial charge in [-0.2, -0.15) is 13.2 Å². The van der Waals surface area contributed by atoms with E-state index in [4.69, 9.17) is 5.73 Å². The van der Waals surface area contributed by atoms with Crippen LogP contribution in [-0.2, 0) is 12.6 Å². The van der Waals surface area contributed by atoms with E-state index in [-0.39, 0.29) is 5.54 Å². The number of rotatable bonds is 3. The molecule has 2 N–H and O–H groups in total. The second kappa shape index (κ2) is 3.96. The van der Waals surface area contributed by atoms with Crippen LogP contribution in [0.3, 0.4) is 0 Å². The SMILES string of the molecule is NC1(CCc2ccc3cnc(C(F)(F)F)n3c2)CC1. The molecule has 2 aromatic rings. The van der Waals surface area contributed by atoms with E-state index < -0.39 is 12.0 Å². The summed E-state index contributed by atoms with van der Waals surface area (Å²) in [6.45, 7) is 0. The monoisotopic (exact) mass is 269 g/mol. The number of hydrogen-bond donors (Lipinski definition) is 1. The molecular formula is C13H14F3N3. The van der Waals surface area contributed by atoms with Gasteiger partial charge in [-0.05, 0) is 37.3 Å². The van der Waals surface area contributed by atoms with E-state index in [1.807, 2.05) is 6.07 Å². The summed E-state index contributed by atoms with van der Waals surface area (Å²) >= 11 is 0. The third-order valence-corrected chi connectivity index (χ3v) is 3.65. The van der Waals surface area contributed by atoms with Gasteiger partial charge in [0.1, 0.15) is 0 Å². The first-order valence-electron chi connectivity index (χ1n) is 6.20. The Morgan fingerprint density at radius 1 is 1.32 bits per heavy atom. The van der Waals surface area contributed by atoms with Gasteiger partial charge in [-0.25, -0.2) is 4.98 Å². The van der Waals surface area contributed by atoms with Gasteiger partial charge in [0.25, 0.3) is 0 Å². The Balaban J connectivity index is 1.90. The molecule has 102 valence electrons. The summed E-state index contributed by atoms with van der Waals surface area (Å²) in [5.41, 5.74) is 7.20. The molecule has 0 atom stereocenters. The van der Waals surface area contributed by atoms with Crippen molar-refractivity contribution in [2.75, 3.05) is 0 Å². The molecule has 0 aromatic carbocycles. The summed E-state index contributed by atoms with van der Waals surface area (Å²) < 4.78 is 39.4. The van der Waals surface area contributed by atoms with Crippen LogP contribution in [-0.4, -0.2) is 14.9 Å². The van der Waals surface area contributed by atoms with Crippen LogP contribution in [0.5, 0.6) is 0 Å². The summed E-state index contributed by atoms with van der Waals surface area (Å²) in [7, 11) is 0. The van der Waals surface area contributed by atoms with Gasteiger partial charge >= 0.3 is 6.18 Å². The lowest BCUT2D eigenvalue weighted by atomic mass is 10.1. The van der Waals surface area contributed by atoms with Crippen LogP contribution in [0.2, 0.25) is 0 Å². The fraction of sp³-hybridized carbons (Fsp3) is 0.462. The highest BCUT2D eigenvalue weighted by atomic mass is 19.4. The molecule has 0 unspecified atom stereocenters. The largest absolute Gasteiger partial charge is 0.450 e. The summed E-state index contributed by atoms with van der Waals surface area (Å²) in [6.07, 6.45) is 1.84. The fourth-order valence-electron chi connectivity index (χ4n) is 2.20. The summed E-state index contributed by atoms with van der Waals surface area (Å²) in [5.74, 6) is -0.877. The molecule has 1 aliphatic carbocycles. The molecule has 1 fully saturated rings. The lowest BCUT2D eigenvalue weighted by molar-refractivity contribution is -0.145. The maximum absolute atomic E-state index is 12.8. The van der Waals surface area contributed by atoms with Crippen LogP contribution < -0.4 is 5.73 Å².